The number of nitrogens with two attached hydrogens (primary N) is 1. The number of aromatic nitrogens is 2. The van der Waals surface area contributed by atoms with Crippen molar-refractivity contribution in [2.75, 3.05) is 25.6 Å². The van der Waals surface area contributed by atoms with E-state index in [0.29, 0.717) is 18.8 Å². The van der Waals surface area contributed by atoms with E-state index >= 15 is 0 Å². The largest absolute Gasteiger partial charge is 0.462 e. The van der Waals surface area contributed by atoms with Crippen LogP contribution in [0, 0.1) is 0 Å². The van der Waals surface area contributed by atoms with Crippen molar-refractivity contribution >= 4 is 11.8 Å². The highest BCUT2D eigenvalue weighted by atomic mass is 16.5. The number of rotatable bonds is 3. The molecule has 1 aliphatic rings. The lowest BCUT2D eigenvalue weighted by Crippen LogP contribution is -2.21. The molecular formula is C11H17N3O3. The third kappa shape index (κ3) is 2.58. The molecule has 1 aliphatic heterocycles. The average Bonchev–Trinajstić information content (AvgIpc) is 2.73. The fourth-order valence-corrected chi connectivity index (χ4v) is 1.89. The lowest BCUT2D eigenvalue weighted by atomic mass is 10.1. The van der Waals surface area contributed by atoms with Crippen LogP contribution in [0.2, 0.25) is 0 Å². The monoisotopic (exact) mass is 239 g/mol. The quantitative estimate of drug-likeness (QED) is 0.796. The molecule has 0 radical (unpaired) electrons. The van der Waals surface area contributed by atoms with Crippen LogP contribution in [0.25, 0.3) is 0 Å². The summed E-state index contributed by atoms with van der Waals surface area (Å²) in [6.45, 7) is 3.49. The van der Waals surface area contributed by atoms with Crippen molar-refractivity contribution in [1.82, 2.24) is 9.78 Å². The van der Waals surface area contributed by atoms with Crippen LogP contribution >= 0.6 is 0 Å². The van der Waals surface area contributed by atoms with Crippen molar-refractivity contribution in [3.63, 3.8) is 0 Å². The Balaban J connectivity index is 2.14. The molecule has 2 heterocycles. The Morgan fingerprint density at radius 2 is 2.59 bits per heavy atom. The highest BCUT2D eigenvalue weighted by Gasteiger charge is 2.21. The molecule has 0 unspecified atom stereocenters. The molecule has 1 aromatic rings. The molecular weight excluding hydrogens is 222 g/mol. The highest BCUT2D eigenvalue weighted by Crippen LogP contribution is 2.21. The van der Waals surface area contributed by atoms with E-state index in [-0.39, 0.29) is 11.9 Å². The van der Waals surface area contributed by atoms with Crippen LogP contribution in [0.4, 0.5) is 5.82 Å². The zero-order chi connectivity index (χ0) is 12.3. The Bertz CT molecular complexity index is 397. The van der Waals surface area contributed by atoms with Crippen LogP contribution < -0.4 is 5.73 Å². The summed E-state index contributed by atoms with van der Waals surface area (Å²) in [6.07, 6.45) is 3.63. The second-order valence-electron chi connectivity index (χ2n) is 4.00. The van der Waals surface area contributed by atoms with Gasteiger partial charge in [0, 0.05) is 12.8 Å². The predicted molar refractivity (Wildman–Crippen MR) is 61.7 cm³/mol. The van der Waals surface area contributed by atoms with Gasteiger partial charge in [0.15, 0.2) is 5.82 Å². The van der Waals surface area contributed by atoms with Crippen molar-refractivity contribution < 1.29 is 14.3 Å². The number of esters is 1. The number of nitrogen functional groups attached to an aromatic ring is 1. The van der Waals surface area contributed by atoms with Crippen molar-refractivity contribution in [3.05, 3.63) is 11.8 Å². The van der Waals surface area contributed by atoms with Gasteiger partial charge in [-0.1, -0.05) is 0 Å². The predicted octanol–water partition coefficient (Wildman–Crippen LogP) is 0.994. The van der Waals surface area contributed by atoms with Gasteiger partial charge in [0.05, 0.1) is 19.3 Å². The standard InChI is InChI=1S/C11H17N3O3/c1-2-17-11(15)9-6-14(13-10(9)12)8-4-3-5-16-7-8/h6,8H,2-5,7H2,1H3,(H2,12,13)/t8-/m1/s1. The van der Waals surface area contributed by atoms with Gasteiger partial charge >= 0.3 is 5.97 Å². The topological polar surface area (TPSA) is 79.4 Å². The molecule has 0 spiro atoms. The van der Waals surface area contributed by atoms with Gasteiger partial charge in [0.1, 0.15) is 5.56 Å². The summed E-state index contributed by atoms with van der Waals surface area (Å²) in [7, 11) is 0. The van der Waals surface area contributed by atoms with Gasteiger partial charge in [-0.2, -0.15) is 5.10 Å². The number of carbonyl (C=O) groups excluding carboxylic acids is 1. The number of nitrogens with zero attached hydrogens (tertiary/aromatic N) is 2. The van der Waals surface area contributed by atoms with Crippen LogP contribution in [0.5, 0.6) is 0 Å². The number of ether oxygens (including phenoxy) is 2. The molecule has 1 aromatic heterocycles. The molecule has 6 heteroatoms. The van der Waals surface area contributed by atoms with Gasteiger partial charge in [0.2, 0.25) is 0 Å². The lowest BCUT2D eigenvalue weighted by molar-refractivity contribution is 0.0516. The summed E-state index contributed by atoms with van der Waals surface area (Å²) in [6, 6.07) is 0.161. The van der Waals surface area contributed by atoms with E-state index in [4.69, 9.17) is 15.2 Å². The van der Waals surface area contributed by atoms with Crippen molar-refractivity contribution in [2.24, 2.45) is 0 Å². The zero-order valence-electron chi connectivity index (χ0n) is 9.89. The minimum Gasteiger partial charge on any atom is -0.462 e. The van der Waals surface area contributed by atoms with E-state index in [1.165, 1.54) is 0 Å². The fourth-order valence-electron chi connectivity index (χ4n) is 1.89. The molecule has 6 nitrogen and oxygen atoms in total. The van der Waals surface area contributed by atoms with E-state index in [2.05, 4.69) is 5.10 Å². The van der Waals surface area contributed by atoms with Gasteiger partial charge < -0.3 is 15.2 Å². The first-order valence-corrected chi connectivity index (χ1v) is 5.82. The normalized spacial score (nSPS) is 20.2. The van der Waals surface area contributed by atoms with E-state index in [1.807, 2.05) is 0 Å². The number of hydrogen-bond donors (Lipinski definition) is 1. The van der Waals surface area contributed by atoms with Gasteiger partial charge in [0.25, 0.3) is 0 Å². The molecule has 2 N–H and O–H groups in total. The van der Waals surface area contributed by atoms with Gasteiger partial charge in [-0.15, -0.1) is 0 Å². The smallest absolute Gasteiger partial charge is 0.343 e. The molecule has 0 bridgehead atoms. The Hall–Kier alpha value is -1.56. The first-order chi connectivity index (χ1) is 8.22. The summed E-state index contributed by atoms with van der Waals surface area (Å²) in [5, 5.41) is 4.15. The highest BCUT2D eigenvalue weighted by molar-refractivity contribution is 5.93. The number of anilines is 1. The zero-order valence-corrected chi connectivity index (χ0v) is 9.89. The lowest BCUT2D eigenvalue weighted by Gasteiger charge is -2.22. The summed E-state index contributed by atoms with van der Waals surface area (Å²) < 4.78 is 12.0. The van der Waals surface area contributed by atoms with Gasteiger partial charge in [-0.05, 0) is 19.8 Å². The van der Waals surface area contributed by atoms with Gasteiger partial charge in [-0.25, -0.2) is 4.79 Å². The molecule has 0 amide bonds. The third-order valence-electron chi connectivity index (χ3n) is 2.77. The first-order valence-electron chi connectivity index (χ1n) is 5.82. The maximum Gasteiger partial charge on any atom is 0.343 e. The first kappa shape index (κ1) is 11.9. The molecule has 0 saturated carbocycles. The minimum absolute atomic E-state index is 0.161. The molecule has 94 valence electrons. The summed E-state index contributed by atoms with van der Waals surface area (Å²) in [5.74, 6) is -0.206. The van der Waals surface area contributed by atoms with Crippen molar-refractivity contribution in [2.45, 2.75) is 25.8 Å². The SMILES string of the molecule is CCOC(=O)c1cn([C@@H]2CCCOC2)nc1N. The molecule has 0 aromatic carbocycles. The average molecular weight is 239 g/mol. The third-order valence-corrected chi connectivity index (χ3v) is 2.77. The summed E-state index contributed by atoms with van der Waals surface area (Å²) in [5.41, 5.74) is 6.04. The maximum absolute atomic E-state index is 11.6. The molecule has 0 aliphatic carbocycles. The van der Waals surface area contributed by atoms with E-state index in [9.17, 15) is 4.79 Å². The van der Waals surface area contributed by atoms with Gasteiger partial charge in [-0.3, -0.25) is 4.68 Å². The summed E-state index contributed by atoms with van der Waals surface area (Å²) >= 11 is 0. The fraction of sp³-hybridized carbons (Fsp3) is 0.636. The van der Waals surface area contributed by atoms with E-state index < -0.39 is 5.97 Å². The Morgan fingerprint density at radius 3 is 3.24 bits per heavy atom. The Morgan fingerprint density at radius 1 is 1.76 bits per heavy atom. The van der Waals surface area contributed by atoms with E-state index in [1.54, 1.807) is 17.8 Å². The van der Waals surface area contributed by atoms with Crippen LogP contribution in [0.3, 0.4) is 0 Å². The molecule has 1 saturated heterocycles. The molecule has 2 rings (SSSR count). The summed E-state index contributed by atoms with van der Waals surface area (Å²) in [4.78, 5) is 11.6. The Labute approximate surface area is 99.7 Å². The minimum atomic E-state index is -0.423. The second-order valence-corrected chi connectivity index (χ2v) is 4.00. The van der Waals surface area contributed by atoms with Crippen LogP contribution in [-0.2, 0) is 9.47 Å². The number of hydrogen-bond acceptors (Lipinski definition) is 5. The van der Waals surface area contributed by atoms with Crippen molar-refractivity contribution in [1.29, 1.82) is 0 Å². The van der Waals surface area contributed by atoms with Crippen LogP contribution in [0.1, 0.15) is 36.2 Å². The Kier molecular flexibility index (Phi) is 3.63. The maximum atomic E-state index is 11.6. The van der Waals surface area contributed by atoms with E-state index in [0.717, 1.165) is 19.4 Å². The second kappa shape index (κ2) is 5.18. The molecule has 1 fully saturated rings. The number of carbonyl (C=O) groups is 1. The van der Waals surface area contributed by atoms with Crippen LogP contribution in [-0.4, -0.2) is 35.6 Å². The molecule has 1 atom stereocenters. The van der Waals surface area contributed by atoms with Crippen molar-refractivity contribution in [3.8, 4) is 0 Å². The molecule has 17 heavy (non-hydrogen) atoms. The van der Waals surface area contributed by atoms with Crippen LogP contribution in [0.15, 0.2) is 6.20 Å².